The first-order valence-corrected chi connectivity index (χ1v) is 10.2. The molecular weight excluding hydrogens is 457 g/mol. The van der Waals surface area contributed by atoms with Crippen molar-refractivity contribution < 1.29 is 22.8 Å². The van der Waals surface area contributed by atoms with Crippen LogP contribution in [0, 0.1) is 13.8 Å². The van der Waals surface area contributed by atoms with E-state index >= 15 is 0 Å². The van der Waals surface area contributed by atoms with Crippen molar-refractivity contribution in [2.75, 3.05) is 4.90 Å². The third-order valence-electron chi connectivity index (χ3n) is 5.48. The van der Waals surface area contributed by atoms with E-state index in [1.807, 2.05) is 31.2 Å². The summed E-state index contributed by atoms with van der Waals surface area (Å²) in [5.74, 6) is -1.51. The van der Waals surface area contributed by atoms with Crippen molar-refractivity contribution in [1.29, 1.82) is 0 Å². The maximum Gasteiger partial charge on any atom is 0.417 e. The summed E-state index contributed by atoms with van der Waals surface area (Å²) in [6.45, 7) is 3.61. The highest BCUT2D eigenvalue weighted by atomic mass is 35.5. The molecule has 0 spiro atoms. The quantitative estimate of drug-likeness (QED) is 0.362. The Labute approximate surface area is 190 Å². The molecule has 0 unspecified atom stereocenters. The number of nitrogens with zero attached hydrogens (tertiary/aromatic N) is 4. The van der Waals surface area contributed by atoms with Crippen LogP contribution < -0.4 is 4.90 Å². The molecule has 5 rings (SSSR count). The number of anilines is 1. The fourth-order valence-corrected chi connectivity index (χ4v) is 4.23. The largest absolute Gasteiger partial charge is 0.417 e. The van der Waals surface area contributed by atoms with Crippen molar-refractivity contribution in [3.63, 3.8) is 0 Å². The van der Waals surface area contributed by atoms with Crippen LogP contribution in [0.3, 0.4) is 0 Å². The molecule has 2 aromatic heterocycles. The van der Waals surface area contributed by atoms with Crippen LogP contribution in [0.25, 0.3) is 16.7 Å². The molecular formula is C23H14ClF3N4O2. The van der Waals surface area contributed by atoms with Crippen LogP contribution in [0.2, 0.25) is 5.02 Å². The molecule has 0 aliphatic carbocycles. The smallest absolute Gasteiger partial charge is 0.268 e. The zero-order valence-electron chi connectivity index (χ0n) is 17.2. The Kier molecular flexibility index (Phi) is 4.58. The van der Waals surface area contributed by atoms with Crippen LogP contribution in [-0.4, -0.2) is 26.6 Å². The van der Waals surface area contributed by atoms with E-state index in [4.69, 9.17) is 11.6 Å². The second-order valence-corrected chi connectivity index (χ2v) is 8.10. The summed E-state index contributed by atoms with van der Waals surface area (Å²) >= 11 is 5.69. The number of amides is 2. The highest BCUT2D eigenvalue weighted by Crippen LogP contribution is 2.40. The number of pyridine rings is 1. The molecule has 166 valence electrons. The lowest BCUT2D eigenvalue weighted by molar-refractivity contribution is -0.137. The predicted octanol–water partition coefficient (Wildman–Crippen LogP) is 5.51. The molecule has 1 aliphatic heterocycles. The van der Waals surface area contributed by atoms with Crippen LogP contribution in [0.4, 0.5) is 18.9 Å². The van der Waals surface area contributed by atoms with Crippen molar-refractivity contribution in [3.05, 3.63) is 81.6 Å². The van der Waals surface area contributed by atoms with E-state index in [2.05, 4.69) is 10.1 Å². The number of aryl methyl sites for hydroxylation is 2. The molecule has 4 aromatic rings. The normalized spacial score (nSPS) is 13.8. The number of carbonyl (C=O) groups is 2. The van der Waals surface area contributed by atoms with E-state index in [1.54, 1.807) is 11.6 Å². The van der Waals surface area contributed by atoms with Gasteiger partial charge in [0.1, 0.15) is 0 Å². The van der Waals surface area contributed by atoms with Crippen molar-refractivity contribution in [2.24, 2.45) is 0 Å². The van der Waals surface area contributed by atoms with E-state index < -0.39 is 28.6 Å². The minimum absolute atomic E-state index is 0.00269. The lowest BCUT2D eigenvalue weighted by Crippen LogP contribution is -2.29. The van der Waals surface area contributed by atoms with Gasteiger partial charge in [0.15, 0.2) is 5.65 Å². The number of carbonyl (C=O) groups excluding carboxylic acids is 2. The number of fused-ring (bicyclic) bond motifs is 3. The molecule has 0 saturated heterocycles. The van der Waals surface area contributed by atoms with E-state index in [-0.39, 0.29) is 16.8 Å². The Bertz CT molecular complexity index is 1490. The number of rotatable bonds is 2. The number of halogens is 4. The van der Waals surface area contributed by atoms with Crippen LogP contribution in [0.15, 0.2) is 48.7 Å². The molecule has 33 heavy (non-hydrogen) atoms. The summed E-state index contributed by atoms with van der Waals surface area (Å²) in [6.07, 6.45) is -3.49. The Morgan fingerprint density at radius 3 is 2.42 bits per heavy atom. The van der Waals surface area contributed by atoms with Gasteiger partial charge in [-0.3, -0.25) is 9.59 Å². The molecule has 2 amide bonds. The summed E-state index contributed by atoms with van der Waals surface area (Å²) in [7, 11) is 0. The maximum absolute atomic E-state index is 13.3. The Morgan fingerprint density at radius 2 is 1.73 bits per heavy atom. The Morgan fingerprint density at radius 1 is 0.970 bits per heavy atom. The molecule has 6 nitrogen and oxygen atoms in total. The molecule has 0 saturated carbocycles. The zero-order chi connectivity index (χ0) is 23.7. The van der Waals surface area contributed by atoms with Crippen LogP contribution in [0.1, 0.15) is 37.5 Å². The summed E-state index contributed by atoms with van der Waals surface area (Å²) in [4.78, 5) is 31.5. The van der Waals surface area contributed by atoms with Gasteiger partial charge in [0.2, 0.25) is 0 Å². The summed E-state index contributed by atoms with van der Waals surface area (Å²) in [5.41, 5.74) is 1.25. The van der Waals surface area contributed by atoms with Gasteiger partial charge in [-0.15, -0.1) is 0 Å². The molecule has 0 N–H and O–H groups in total. The van der Waals surface area contributed by atoms with Crippen LogP contribution >= 0.6 is 11.6 Å². The topological polar surface area (TPSA) is 68.1 Å². The van der Waals surface area contributed by atoms with Gasteiger partial charge in [-0.2, -0.15) is 18.3 Å². The summed E-state index contributed by atoms with van der Waals surface area (Å²) in [6, 6.07) is 10.4. The van der Waals surface area contributed by atoms with E-state index in [0.717, 1.165) is 17.3 Å². The predicted molar refractivity (Wildman–Crippen MR) is 116 cm³/mol. The van der Waals surface area contributed by atoms with Gasteiger partial charge in [-0.25, -0.2) is 14.6 Å². The van der Waals surface area contributed by atoms with Gasteiger partial charge >= 0.3 is 6.18 Å². The fraction of sp³-hybridized carbons (Fsp3) is 0.130. The second kappa shape index (κ2) is 7.14. The third-order valence-corrected chi connectivity index (χ3v) is 5.81. The minimum atomic E-state index is -4.74. The molecule has 0 atom stereocenters. The highest BCUT2D eigenvalue weighted by Gasteiger charge is 2.41. The minimum Gasteiger partial charge on any atom is -0.268 e. The van der Waals surface area contributed by atoms with Crippen LogP contribution in [-0.2, 0) is 6.18 Å². The molecule has 1 aliphatic rings. The highest BCUT2D eigenvalue weighted by molar-refractivity contribution is 6.37. The molecule has 0 bridgehead atoms. The van der Waals surface area contributed by atoms with Gasteiger partial charge < -0.3 is 0 Å². The van der Waals surface area contributed by atoms with Crippen molar-refractivity contribution in [2.45, 2.75) is 20.0 Å². The number of imide groups is 1. The first-order valence-electron chi connectivity index (χ1n) is 9.79. The van der Waals surface area contributed by atoms with Gasteiger partial charge in [-0.05, 0) is 49.7 Å². The maximum atomic E-state index is 13.3. The van der Waals surface area contributed by atoms with Gasteiger partial charge in [0.25, 0.3) is 11.8 Å². The number of hydrogen-bond donors (Lipinski definition) is 0. The monoisotopic (exact) mass is 470 g/mol. The lowest BCUT2D eigenvalue weighted by atomic mass is 10.1. The van der Waals surface area contributed by atoms with Gasteiger partial charge in [0, 0.05) is 6.20 Å². The van der Waals surface area contributed by atoms with E-state index in [9.17, 15) is 22.8 Å². The molecule has 10 heteroatoms. The van der Waals surface area contributed by atoms with Crippen LogP contribution in [0.5, 0.6) is 0 Å². The average Bonchev–Trinajstić information content (AvgIpc) is 3.22. The number of benzene rings is 2. The second-order valence-electron chi connectivity index (χ2n) is 7.69. The zero-order valence-corrected chi connectivity index (χ0v) is 18.0. The SMILES string of the molecule is Cc1cccc(-n2nc(C)c3c4c(cnc32)C(=O)N(c2ccc(Cl)c(C(F)(F)F)c2)C4=O)c1. The first-order chi connectivity index (χ1) is 15.6. The average molecular weight is 471 g/mol. The van der Waals surface area contributed by atoms with Gasteiger partial charge in [-0.1, -0.05) is 23.7 Å². The number of aromatic nitrogens is 3. The molecule has 0 fully saturated rings. The Balaban J connectivity index is 1.68. The van der Waals surface area contributed by atoms with Crippen molar-refractivity contribution in [1.82, 2.24) is 14.8 Å². The standard InChI is InChI=1S/C23H14ClF3N4O2/c1-11-4-3-5-14(8-11)31-20-18(12(2)29-31)19-15(10-28-20)21(32)30(22(19)33)13-6-7-17(24)16(9-13)23(25,26)27/h3-10H,1-2H3. The van der Waals surface area contributed by atoms with Gasteiger partial charge in [0.05, 0.1) is 44.2 Å². The number of hydrogen-bond acceptors (Lipinski definition) is 4. The Hall–Kier alpha value is -3.72. The summed E-state index contributed by atoms with van der Waals surface area (Å²) < 4.78 is 41.6. The number of alkyl halides is 3. The molecule has 0 radical (unpaired) electrons. The molecule has 2 aromatic carbocycles. The third kappa shape index (κ3) is 3.19. The molecule has 3 heterocycles. The first kappa shape index (κ1) is 21.1. The van der Waals surface area contributed by atoms with E-state index in [1.165, 1.54) is 12.3 Å². The van der Waals surface area contributed by atoms with Crippen molar-refractivity contribution in [3.8, 4) is 5.69 Å². The summed E-state index contributed by atoms with van der Waals surface area (Å²) in [5, 5.41) is 4.35. The van der Waals surface area contributed by atoms with E-state index in [0.29, 0.717) is 27.7 Å². The van der Waals surface area contributed by atoms with Crippen molar-refractivity contribution >= 4 is 40.1 Å². The lowest BCUT2D eigenvalue weighted by Gasteiger charge is -2.17. The fourth-order valence-electron chi connectivity index (χ4n) is 4.00.